The van der Waals surface area contributed by atoms with Gasteiger partial charge in [-0.3, -0.25) is 0 Å². The van der Waals surface area contributed by atoms with Gasteiger partial charge in [-0.25, -0.2) is 8.78 Å². The summed E-state index contributed by atoms with van der Waals surface area (Å²) in [7, 11) is 0. The molecule has 2 nitrogen and oxygen atoms in total. The van der Waals surface area contributed by atoms with Gasteiger partial charge in [0.05, 0.1) is 5.92 Å². The fourth-order valence-corrected chi connectivity index (χ4v) is 1.60. The Labute approximate surface area is 93.9 Å². The molecule has 1 aliphatic heterocycles. The minimum atomic E-state index is -2.91. The molecule has 16 heavy (non-hydrogen) atoms. The lowest BCUT2D eigenvalue weighted by atomic mass is 9.91. The van der Waals surface area contributed by atoms with E-state index in [9.17, 15) is 13.9 Å². The second-order valence-electron chi connectivity index (χ2n) is 3.46. The van der Waals surface area contributed by atoms with E-state index in [2.05, 4.69) is 0 Å². The molecule has 1 aromatic carbocycles. The fourth-order valence-electron chi connectivity index (χ4n) is 1.60. The van der Waals surface area contributed by atoms with E-state index in [1.54, 1.807) is 12.1 Å². The van der Waals surface area contributed by atoms with Gasteiger partial charge in [0, 0.05) is 5.56 Å². The summed E-state index contributed by atoms with van der Waals surface area (Å²) in [6, 6.07) is 4.55. The number of phenolic OH excluding ortho intramolecular Hbond substituents is 1. The maximum Gasteiger partial charge on any atom is 0.288 e. The Hall–Kier alpha value is -1.32. The number of alkyl halides is 2. The lowest BCUT2D eigenvalue weighted by molar-refractivity contribution is -0.0729. The van der Waals surface area contributed by atoms with E-state index in [0.717, 1.165) is 0 Å². The van der Waals surface area contributed by atoms with Crippen molar-refractivity contribution in [1.82, 2.24) is 0 Å². The molecule has 0 spiro atoms. The molecule has 0 fully saturated rings. The first-order chi connectivity index (χ1) is 7.52. The minimum Gasteiger partial charge on any atom is -0.508 e. The van der Waals surface area contributed by atoms with Gasteiger partial charge in [-0.2, -0.15) is 0 Å². The molecule has 4 heteroatoms. The minimum absolute atomic E-state index is 0.130. The molecule has 1 aromatic rings. The van der Waals surface area contributed by atoms with Crippen molar-refractivity contribution in [3.05, 3.63) is 23.8 Å². The van der Waals surface area contributed by atoms with E-state index in [-0.39, 0.29) is 11.3 Å². The third kappa shape index (κ3) is 2.10. The molecule has 0 aliphatic carbocycles. The molecule has 1 N–H and O–H groups in total. The maximum atomic E-state index is 13.2. The molecule has 2 rings (SSSR count). The molecule has 0 amide bonds. The van der Waals surface area contributed by atoms with Gasteiger partial charge in [0.2, 0.25) is 0 Å². The first kappa shape index (κ1) is 12.7. The second-order valence-corrected chi connectivity index (χ2v) is 3.46. The predicted octanol–water partition coefficient (Wildman–Crippen LogP) is 3.55. The summed E-state index contributed by atoms with van der Waals surface area (Å²) < 4.78 is 31.3. The highest BCUT2D eigenvalue weighted by Crippen LogP contribution is 2.45. The highest BCUT2D eigenvalue weighted by Gasteiger charge is 2.44. The van der Waals surface area contributed by atoms with Crippen LogP contribution in [0.25, 0.3) is 0 Å². The van der Waals surface area contributed by atoms with Crippen molar-refractivity contribution in [1.29, 1.82) is 0 Å². The van der Waals surface area contributed by atoms with Gasteiger partial charge in [0.25, 0.3) is 5.92 Å². The normalized spacial score (nSPS) is 21.2. The van der Waals surface area contributed by atoms with Crippen LogP contribution in [-0.4, -0.2) is 17.6 Å². The zero-order valence-electron chi connectivity index (χ0n) is 9.63. The van der Waals surface area contributed by atoms with Gasteiger partial charge >= 0.3 is 0 Å². The van der Waals surface area contributed by atoms with E-state index >= 15 is 0 Å². The summed E-state index contributed by atoms with van der Waals surface area (Å²) in [6.07, 6.45) is 0. The number of benzene rings is 1. The topological polar surface area (TPSA) is 29.5 Å². The van der Waals surface area contributed by atoms with Gasteiger partial charge in [0.1, 0.15) is 11.5 Å². The lowest BCUT2D eigenvalue weighted by Crippen LogP contribution is -2.35. The predicted molar refractivity (Wildman–Crippen MR) is 58.3 cm³/mol. The molecule has 0 bridgehead atoms. The molecule has 0 aromatic heterocycles. The smallest absolute Gasteiger partial charge is 0.288 e. The Bertz CT molecular complexity index is 364. The molecule has 0 radical (unpaired) electrons. The number of rotatable bonds is 0. The maximum absolute atomic E-state index is 13.2. The van der Waals surface area contributed by atoms with Crippen LogP contribution in [0.1, 0.15) is 32.3 Å². The highest BCUT2D eigenvalue weighted by molar-refractivity contribution is 5.48. The van der Waals surface area contributed by atoms with Crippen molar-refractivity contribution >= 4 is 0 Å². The van der Waals surface area contributed by atoms with E-state index < -0.39 is 18.4 Å². The Morgan fingerprint density at radius 1 is 1.38 bits per heavy atom. The molecule has 90 valence electrons. The van der Waals surface area contributed by atoms with Gasteiger partial charge in [0.15, 0.2) is 6.61 Å². The van der Waals surface area contributed by atoms with Crippen LogP contribution >= 0.6 is 0 Å². The molecule has 1 unspecified atom stereocenters. The van der Waals surface area contributed by atoms with Crippen molar-refractivity contribution in [2.24, 2.45) is 0 Å². The Morgan fingerprint density at radius 3 is 2.62 bits per heavy atom. The molecular formula is C12H16F2O2. The number of aromatic hydroxyl groups is 1. The number of fused-ring (bicyclic) bond motifs is 1. The van der Waals surface area contributed by atoms with Crippen LogP contribution in [0.3, 0.4) is 0 Å². The van der Waals surface area contributed by atoms with E-state index in [1.807, 2.05) is 13.8 Å². The van der Waals surface area contributed by atoms with Gasteiger partial charge in [-0.15, -0.1) is 0 Å². The summed E-state index contributed by atoms with van der Waals surface area (Å²) in [5, 5.41) is 9.45. The van der Waals surface area contributed by atoms with Crippen LogP contribution in [0.15, 0.2) is 18.2 Å². The van der Waals surface area contributed by atoms with E-state index in [0.29, 0.717) is 5.75 Å². The summed E-state index contributed by atoms with van der Waals surface area (Å²) in [5.74, 6) is -3.70. The quantitative estimate of drug-likeness (QED) is 0.738. The largest absolute Gasteiger partial charge is 0.508 e. The number of hydrogen-bond donors (Lipinski definition) is 1. The number of phenols is 1. The summed E-state index contributed by atoms with van der Waals surface area (Å²) >= 11 is 0. The summed E-state index contributed by atoms with van der Waals surface area (Å²) in [4.78, 5) is 0. The van der Waals surface area contributed by atoms with Crippen LogP contribution in [0, 0.1) is 0 Å². The van der Waals surface area contributed by atoms with E-state index in [4.69, 9.17) is 4.74 Å². The average molecular weight is 230 g/mol. The SMILES string of the molecule is CC.CC1c2c(O)cccc2OCC1(F)F. The average Bonchev–Trinajstić information content (AvgIpc) is 2.27. The molecule has 0 saturated carbocycles. The third-order valence-electron chi connectivity index (χ3n) is 2.53. The van der Waals surface area contributed by atoms with Crippen LogP contribution in [-0.2, 0) is 0 Å². The van der Waals surface area contributed by atoms with Crippen LogP contribution < -0.4 is 4.74 Å². The molecule has 0 saturated heterocycles. The lowest BCUT2D eigenvalue weighted by Gasteiger charge is -2.31. The van der Waals surface area contributed by atoms with Crippen molar-refractivity contribution in [3.8, 4) is 11.5 Å². The zero-order valence-corrected chi connectivity index (χ0v) is 9.63. The molecule has 1 aliphatic rings. The number of ether oxygens (including phenoxy) is 1. The van der Waals surface area contributed by atoms with Gasteiger partial charge in [-0.05, 0) is 12.1 Å². The van der Waals surface area contributed by atoms with Crippen LogP contribution in [0.4, 0.5) is 8.78 Å². The number of halogens is 2. The first-order valence-electron chi connectivity index (χ1n) is 5.35. The monoisotopic (exact) mass is 230 g/mol. The Balaban J connectivity index is 0.000000606. The molecule has 1 atom stereocenters. The van der Waals surface area contributed by atoms with Crippen LogP contribution in [0.2, 0.25) is 0 Å². The van der Waals surface area contributed by atoms with Gasteiger partial charge < -0.3 is 9.84 Å². The first-order valence-corrected chi connectivity index (χ1v) is 5.35. The van der Waals surface area contributed by atoms with Gasteiger partial charge in [-0.1, -0.05) is 26.8 Å². The summed E-state index contributed by atoms with van der Waals surface area (Å²) in [6.45, 7) is 4.77. The van der Waals surface area contributed by atoms with Crippen LogP contribution in [0.5, 0.6) is 11.5 Å². The Kier molecular flexibility index (Phi) is 3.73. The van der Waals surface area contributed by atoms with Crippen molar-refractivity contribution in [2.75, 3.05) is 6.61 Å². The third-order valence-corrected chi connectivity index (χ3v) is 2.53. The molecular weight excluding hydrogens is 214 g/mol. The highest BCUT2D eigenvalue weighted by atomic mass is 19.3. The summed E-state index contributed by atoms with van der Waals surface area (Å²) in [5.41, 5.74) is 0.198. The zero-order chi connectivity index (χ0) is 12.3. The fraction of sp³-hybridized carbons (Fsp3) is 0.500. The van der Waals surface area contributed by atoms with E-state index in [1.165, 1.54) is 13.0 Å². The number of hydrogen-bond acceptors (Lipinski definition) is 2. The van der Waals surface area contributed by atoms with Crippen molar-refractivity contribution in [3.63, 3.8) is 0 Å². The van der Waals surface area contributed by atoms with Crippen molar-refractivity contribution in [2.45, 2.75) is 32.6 Å². The molecule has 1 heterocycles. The van der Waals surface area contributed by atoms with Crippen molar-refractivity contribution < 1.29 is 18.6 Å². The Morgan fingerprint density at radius 2 is 2.00 bits per heavy atom. The second kappa shape index (κ2) is 4.68. The standard InChI is InChI=1S/C10H10F2O2.C2H6/c1-6-9-7(13)3-2-4-8(9)14-5-10(6,11)12;1-2/h2-4,6,13H,5H2,1H3;1-2H3.